The van der Waals surface area contributed by atoms with Gasteiger partial charge in [0.05, 0.1) is 5.56 Å². The van der Waals surface area contributed by atoms with E-state index in [0.29, 0.717) is 5.56 Å². The van der Waals surface area contributed by atoms with Gasteiger partial charge in [-0.2, -0.15) is 0 Å². The van der Waals surface area contributed by atoms with E-state index in [4.69, 9.17) is 0 Å². The van der Waals surface area contributed by atoms with E-state index < -0.39 is 0 Å². The molecule has 0 radical (unpaired) electrons. The van der Waals surface area contributed by atoms with Crippen molar-refractivity contribution in [1.29, 1.82) is 0 Å². The van der Waals surface area contributed by atoms with Crippen molar-refractivity contribution in [3.05, 3.63) is 52.7 Å². The van der Waals surface area contributed by atoms with Crippen LogP contribution < -0.4 is 10.6 Å². The summed E-state index contributed by atoms with van der Waals surface area (Å²) in [6.07, 6.45) is 1.57. The maximum atomic E-state index is 12.2. The van der Waals surface area contributed by atoms with Gasteiger partial charge in [0, 0.05) is 18.9 Å². The van der Waals surface area contributed by atoms with Crippen LogP contribution in [0.3, 0.4) is 0 Å². The number of pyridine rings is 1. The highest BCUT2D eigenvalue weighted by Gasteiger charge is 2.10. The van der Waals surface area contributed by atoms with Crippen molar-refractivity contribution < 1.29 is 4.79 Å². The lowest BCUT2D eigenvalue weighted by Gasteiger charge is -2.13. The number of nitrogens with zero attached hydrogens (tertiary/aromatic N) is 1. The van der Waals surface area contributed by atoms with Crippen molar-refractivity contribution in [3.8, 4) is 0 Å². The third-order valence-electron chi connectivity index (χ3n) is 3.20. The fourth-order valence-electron chi connectivity index (χ4n) is 2.24. The Bertz CT molecular complexity index is 610. The first-order chi connectivity index (χ1) is 9.51. The monoisotopic (exact) mass is 269 g/mol. The molecular weight excluding hydrogens is 250 g/mol. The molecule has 1 aromatic carbocycles. The number of anilines is 2. The molecule has 0 unspecified atom stereocenters. The number of carbonyl (C=O) groups excluding carboxylic acids is 1. The van der Waals surface area contributed by atoms with Crippen LogP contribution in [0, 0.1) is 20.8 Å². The molecule has 4 heteroatoms. The van der Waals surface area contributed by atoms with Gasteiger partial charge < -0.3 is 10.6 Å². The van der Waals surface area contributed by atoms with Gasteiger partial charge in [0.25, 0.3) is 5.91 Å². The lowest BCUT2D eigenvalue weighted by Crippen LogP contribution is -2.14. The van der Waals surface area contributed by atoms with E-state index in [1.54, 1.807) is 25.4 Å². The SMILES string of the molecule is CNc1ccc(C(=O)Nc2c(C)cc(C)cc2C)cn1. The van der Waals surface area contributed by atoms with Gasteiger partial charge in [0.1, 0.15) is 5.82 Å². The summed E-state index contributed by atoms with van der Waals surface area (Å²) in [5.41, 5.74) is 4.74. The maximum absolute atomic E-state index is 12.2. The van der Waals surface area contributed by atoms with E-state index in [2.05, 4.69) is 27.8 Å². The number of hydrogen-bond acceptors (Lipinski definition) is 3. The highest BCUT2D eigenvalue weighted by molar-refractivity contribution is 6.05. The molecule has 1 aromatic heterocycles. The third kappa shape index (κ3) is 2.96. The van der Waals surface area contributed by atoms with Crippen LogP contribution in [-0.4, -0.2) is 17.9 Å². The molecule has 0 saturated heterocycles. The number of aryl methyl sites for hydroxylation is 3. The van der Waals surface area contributed by atoms with Crippen molar-refractivity contribution in [2.45, 2.75) is 20.8 Å². The summed E-state index contributed by atoms with van der Waals surface area (Å²) < 4.78 is 0. The molecule has 1 amide bonds. The highest BCUT2D eigenvalue weighted by Crippen LogP contribution is 2.22. The summed E-state index contributed by atoms with van der Waals surface area (Å²) in [4.78, 5) is 16.4. The Labute approximate surface area is 119 Å². The van der Waals surface area contributed by atoms with Crippen molar-refractivity contribution in [2.75, 3.05) is 17.7 Å². The van der Waals surface area contributed by atoms with Crippen molar-refractivity contribution in [1.82, 2.24) is 4.98 Å². The number of rotatable bonds is 3. The first-order valence-corrected chi connectivity index (χ1v) is 6.54. The Morgan fingerprint density at radius 2 is 1.75 bits per heavy atom. The Morgan fingerprint density at radius 1 is 1.10 bits per heavy atom. The van der Waals surface area contributed by atoms with E-state index in [1.165, 1.54) is 5.56 Å². The van der Waals surface area contributed by atoms with E-state index in [-0.39, 0.29) is 5.91 Å². The zero-order valence-corrected chi connectivity index (χ0v) is 12.2. The van der Waals surface area contributed by atoms with Crippen LogP contribution in [0.1, 0.15) is 27.0 Å². The summed E-state index contributed by atoms with van der Waals surface area (Å²) in [7, 11) is 1.79. The molecular formula is C16H19N3O. The van der Waals surface area contributed by atoms with E-state index >= 15 is 0 Å². The zero-order chi connectivity index (χ0) is 14.7. The van der Waals surface area contributed by atoms with Crippen LogP contribution in [0.15, 0.2) is 30.5 Å². The molecule has 0 atom stereocenters. The molecule has 20 heavy (non-hydrogen) atoms. The largest absolute Gasteiger partial charge is 0.373 e. The lowest BCUT2D eigenvalue weighted by atomic mass is 10.0. The predicted molar refractivity (Wildman–Crippen MR) is 82.4 cm³/mol. The van der Waals surface area contributed by atoms with Crippen molar-refractivity contribution >= 4 is 17.4 Å². The van der Waals surface area contributed by atoms with E-state index in [9.17, 15) is 4.79 Å². The molecule has 0 bridgehead atoms. The lowest BCUT2D eigenvalue weighted by molar-refractivity contribution is 0.102. The second-order valence-corrected chi connectivity index (χ2v) is 4.91. The Morgan fingerprint density at radius 3 is 2.25 bits per heavy atom. The van der Waals surface area contributed by atoms with E-state index in [0.717, 1.165) is 22.6 Å². The minimum Gasteiger partial charge on any atom is -0.373 e. The smallest absolute Gasteiger partial charge is 0.257 e. The van der Waals surface area contributed by atoms with Crippen LogP contribution in [0.4, 0.5) is 11.5 Å². The molecule has 1 heterocycles. The summed E-state index contributed by atoms with van der Waals surface area (Å²) in [6.45, 7) is 6.04. The quantitative estimate of drug-likeness (QED) is 0.899. The number of benzene rings is 1. The molecule has 0 aliphatic rings. The van der Waals surface area contributed by atoms with Crippen LogP contribution in [-0.2, 0) is 0 Å². The van der Waals surface area contributed by atoms with Crippen molar-refractivity contribution in [2.24, 2.45) is 0 Å². The van der Waals surface area contributed by atoms with Gasteiger partial charge >= 0.3 is 0 Å². The van der Waals surface area contributed by atoms with Crippen LogP contribution in [0.2, 0.25) is 0 Å². The normalized spacial score (nSPS) is 10.2. The minimum atomic E-state index is -0.143. The maximum Gasteiger partial charge on any atom is 0.257 e. The number of amides is 1. The first kappa shape index (κ1) is 14.1. The molecule has 0 fully saturated rings. The van der Waals surface area contributed by atoms with Gasteiger partial charge in [-0.1, -0.05) is 17.7 Å². The summed E-state index contributed by atoms with van der Waals surface area (Å²) >= 11 is 0. The molecule has 0 aliphatic heterocycles. The Hall–Kier alpha value is -2.36. The van der Waals surface area contributed by atoms with Gasteiger partial charge in [-0.3, -0.25) is 4.79 Å². The number of aromatic nitrogens is 1. The van der Waals surface area contributed by atoms with Crippen LogP contribution in [0.25, 0.3) is 0 Å². The fraction of sp³-hybridized carbons (Fsp3) is 0.250. The fourth-order valence-corrected chi connectivity index (χ4v) is 2.24. The number of nitrogens with one attached hydrogen (secondary N) is 2. The molecule has 2 aromatic rings. The molecule has 0 spiro atoms. The number of hydrogen-bond donors (Lipinski definition) is 2. The molecule has 4 nitrogen and oxygen atoms in total. The van der Waals surface area contributed by atoms with E-state index in [1.807, 2.05) is 20.8 Å². The van der Waals surface area contributed by atoms with Crippen LogP contribution in [0.5, 0.6) is 0 Å². The Kier molecular flexibility index (Phi) is 4.03. The zero-order valence-electron chi connectivity index (χ0n) is 12.2. The van der Waals surface area contributed by atoms with Gasteiger partial charge in [0.2, 0.25) is 0 Å². The molecule has 0 saturated carbocycles. The predicted octanol–water partition coefficient (Wildman–Crippen LogP) is 3.30. The second-order valence-electron chi connectivity index (χ2n) is 4.91. The summed E-state index contributed by atoms with van der Waals surface area (Å²) in [5.74, 6) is 0.597. The standard InChI is InChI=1S/C16H19N3O/c1-10-7-11(2)15(12(3)8-10)19-16(20)13-5-6-14(17-4)18-9-13/h5-9H,1-4H3,(H,17,18)(H,19,20). The highest BCUT2D eigenvalue weighted by atomic mass is 16.1. The first-order valence-electron chi connectivity index (χ1n) is 6.54. The second kappa shape index (κ2) is 5.74. The van der Waals surface area contributed by atoms with Crippen molar-refractivity contribution in [3.63, 3.8) is 0 Å². The summed E-state index contributed by atoms with van der Waals surface area (Å²) in [6, 6.07) is 7.66. The van der Waals surface area contributed by atoms with Gasteiger partial charge in [-0.25, -0.2) is 4.98 Å². The topological polar surface area (TPSA) is 54.0 Å². The average Bonchev–Trinajstić information content (AvgIpc) is 2.42. The molecule has 0 aliphatic carbocycles. The average molecular weight is 269 g/mol. The van der Waals surface area contributed by atoms with Gasteiger partial charge in [-0.05, 0) is 44.0 Å². The summed E-state index contributed by atoms with van der Waals surface area (Å²) in [5, 5.41) is 5.88. The van der Waals surface area contributed by atoms with Crippen LogP contribution >= 0.6 is 0 Å². The molecule has 2 rings (SSSR count). The number of carbonyl (C=O) groups is 1. The van der Waals surface area contributed by atoms with Gasteiger partial charge in [0.15, 0.2) is 0 Å². The minimum absolute atomic E-state index is 0.143. The molecule has 104 valence electrons. The Balaban J connectivity index is 2.23. The molecule has 2 N–H and O–H groups in total. The third-order valence-corrected chi connectivity index (χ3v) is 3.20. The van der Waals surface area contributed by atoms with Gasteiger partial charge in [-0.15, -0.1) is 0 Å².